The van der Waals surface area contributed by atoms with E-state index in [-0.39, 0.29) is 10.1 Å². The molecule has 4 rings (SSSR count). The lowest BCUT2D eigenvalue weighted by molar-refractivity contribution is -0.140. The highest BCUT2D eigenvalue weighted by Gasteiger charge is 2.70. The maximum absolute atomic E-state index is 12.9. The molecule has 28 heavy (non-hydrogen) atoms. The number of rotatable bonds is 6. The van der Waals surface area contributed by atoms with Gasteiger partial charge in [-0.25, -0.2) is 13.1 Å². The van der Waals surface area contributed by atoms with Crippen molar-refractivity contribution in [2.24, 2.45) is 5.92 Å². The number of aliphatic carboxylic acids is 1. The van der Waals surface area contributed by atoms with E-state index in [0.717, 1.165) is 16.9 Å². The van der Waals surface area contributed by atoms with Crippen molar-refractivity contribution in [3.8, 4) is 5.00 Å². The van der Waals surface area contributed by atoms with Gasteiger partial charge in [-0.2, -0.15) is 9.82 Å². The fourth-order valence-corrected chi connectivity index (χ4v) is 6.39. The molecule has 1 unspecified atom stereocenters. The van der Waals surface area contributed by atoms with Crippen molar-refractivity contribution in [3.63, 3.8) is 0 Å². The molecular formula is C18H16ClN3O4S2. The highest BCUT2D eigenvalue weighted by atomic mass is 35.5. The van der Waals surface area contributed by atoms with E-state index in [0.29, 0.717) is 10.0 Å². The Balaban J connectivity index is 1.65. The molecule has 2 N–H and O–H groups in total. The largest absolute Gasteiger partial charge is 0.480 e. The van der Waals surface area contributed by atoms with Crippen molar-refractivity contribution in [3.05, 3.63) is 65.4 Å². The van der Waals surface area contributed by atoms with Crippen LogP contribution >= 0.6 is 22.9 Å². The molecule has 3 atom stereocenters. The Kier molecular flexibility index (Phi) is 4.58. The number of hydrogen-bond donors (Lipinski definition) is 2. The lowest BCUT2D eigenvalue weighted by atomic mass is 10.1. The monoisotopic (exact) mass is 437 g/mol. The summed E-state index contributed by atoms with van der Waals surface area (Å²) in [6.45, 7) is 1.74. The minimum atomic E-state index is -4.04. The molecule has 2 heterocycles. The van der Waals surface area contributed by atoms with Crippen molar-refractivity contribution in [2.45, 2.75) is 22.6 Å². The number of carboxylic acids is 1. The molecule has 7 nitrogen and oxygen atoms in total. The van der Waals surface area contributed by atoms with Crippen molar-refractivity contribution >= 4 is 38.9 Å². The molecule has 0 spiro atoms. The second-order valence-corrected chi connectivity index (χ2v) is 10.1. The Morgan fingerprint density at radius 1 is 1.29 bits per heavy atom. The van der Waals surface area contributed by atoms with Crippen LogP contribution in [-0.4, -0.2) is 34.8 Å². The summed E-state index contributed by atoms with van der Waals surface area (Å²) in [5, 5.41) is 14.9. The van der Waals surface area contributed by atoms with E-state index in [9.17, 15) is 18.3 Å². The molecule has 2 aromatic heterocycles. The topological polar surface area (TPSA) is 101 Å². The van der Waals surface area contributed by atoms with E-state index in [1.807, 2.05) is 30.3 Å². The van der Waals surface area contributed by atoms with Crippen LogP contribution in [0.25, 0.3) is 5.00 Å². The van der Waals surface area contributed by atoms with E-state index < -0.39 is 27.4 Å². The Labute approximate surface area is 170 Å². The van der Waals surface area contributed by atoms with Gasteiger partial charge in [-0.15, -0.1) is 11.3 Å². The molecule has 10 heteroatoms. The first kappa shape index (κ1) is 19.1. The predicted molar refractivity (Wildman–Crippen MR) is 105 cm³/mol. The average Bonchev–Trinajstić information content (AvgIpc) is 3.06. The Bertz CT molecular complexity index is 1140. The number of nitrogens with zero attached hydrogens (tertiary/aromatic N) is 2. The first-order valence-corrected chi connectivity index (χ1v) is 11.1. The summed E-state index contributed by atoms with van der Waals surface area (Å²) in [5.74, 6) is -2.01. The van der Waals surface area contributed by atoms with Gasteiger partial charge in [-0.05, 0) is 23.6 Å². The molecule has 0 saturated heterocycles. The van der Waals surface area contributed by atoms with Crippen molar-refractivity contribution in [1.29, 1.82) is 0 Å². The fourth-order valence-electron chi connectivity index (χ4n) is 3.57. The number of hydrogen-bond acceptors (Lipinski definition) is 5. The van der Waals surface area contributed by atoms with Crippen molar-refractivity contribution < 1.29 is 18.3 Å². The van der Waals surface area contributed by atoms with E-state index >= 15 is 0 Å². The minimum absolute atomic E-state index is 0.0145. The molecule has 0 aliphatic heterocycles. The molecule has 1 aromatic carbocycles. The lowest BCUT2D eigenvalue weighted by Gasteiger charge is -2.15. The molecule has 146 valence electrons. The van der Waals surface area contributed by atoms with Crippen LogP contribution in [0, 0.1) is 5.92 Å². The van der Waals surface area contributed by atoms with Gasteiger partial charge in [0.25, 0.3) is 10.0 Å². The van der Waals surface area contributed by atoms with Crippen LogP contribution < -0.4 is 4.72 Å². The number of sulfonamides is 1. The maximum Gasteiger partial charge on any atom is 0.325 e. The molecule has 1 fully saturated rings. The highest BCUT2D eigenvalue weighted by Crippen LogP contribution is 2.58. The molecule has 0 amide bonds. The standard InChI is InChI=1S/C18H16ClN3O4S2/c1-11-16(12-5-3-2-4-6-12)18(11,17(23)24)21-28(25,26)15-8-7-14(27-15)22-10-13(19)9-20-22/h2-11,16,21H,1H3,(H,23,24)/t11?,16-,18-/m0/s1. The molecule has 1 saturated carbocycles. The van der Waals surface area contributed by atoms with Gasteiger partial charge >= 0.3 is 5.97 Å². The number of carboxylic acid groups (broad SMARTS) is 1. The zero-order valence-corrected chi connectivity index (χ0v) is 17.0. The Morgan fingerprint density at radius 3 is 2.61 bits per heavy atom. The Morgan fingerprint density at radius 2 is 2.00 bits per heavy atom. The number of benzene rings is 1. The molecule has 1 aliphatic rings. The maximum atomic E-state index is 12.9. The molecule has 0 bridgehead atoms. The number of halogens is 1. The second-order valence-electron chi connectivity index (χ2n) is 6.65. The summed E-state index contributed by atoms with van der Waals surface area (Å²) in [4.78, 5) is 12.1. The third-order valence-electron chi connectivity index (χ3n) is 5.02. The number of aromatic nitrogens is 2. The van der Waals surface area contributed by atoms with Gasteiger partial charge in [0.15, 0.2) is 0 Å². The zero-order chi connectivity index (χ0) is 20.1. The number of nitrogens with one attached hydrogen (secondary N) is 1. The summed E-state index contributed by atoms with van der Waals surface area (Å²) in [6.07, 6.45) is 3.01. The van der Waals surface area contributed by atoms with E-state index in [4.69, 9.17) is 11.6 Å². The lowest BCUT2D eigenvalue weighted by Crippen LogP contribution is -2.45. The van der Waals surface area contributed by atoms with E-state index in [1.54, 1.807) is 19.2 Å². The second kappa shape index (κ2) is 6.70. The average molecular weight is 438 g/mol. The van der Waals surface area contributed by atoms with Gasteiger partial charge in [0, 0.05) is 5.92 Å². The molecular weight excluding hydrogens is 422 g/mol. The van der Waals surface area contributed by atoms with Crippen LogP contribution in [0.3, 0.4) is 0 Å². The quantitative estimate of drug-likeness (QED) is 0.617. The highest BCUT2D eigenvalue weighted by molar-refractivity contribution is 7.91. The number of carbonyl (C=O) groups is 1. The summed E-state index contributed by atoms with van der Waals surface area (Å²) >= 11 is 6.84. The summed E-state index contributed by atoms with van der Waals surface area (Å²) < 4.78 is 29.8. The summed E-state index contributed by atoms with van der Waals surface area (Å²) in [5.41, 5.74) is -0.780. The van der Waals surface area contributed by atoms with Crippen LogP contribution in [0.15, 0.2) is 59.1 Å². The van der Waals surface area contributed by atoms with Crippen LogP contribution in [-0.2, 0) is 14.8 Å². The third-order valence-corrected chi connectivity index (χ3v) is 8.27. The first-order valence-electron chi connectivity index (χ1n) is 8.38. The van der Waals surface area contributed by atoms with Crippen molar-refractivity contribution in [2.75, 3.05) is 0 Å². The number of thiophene rings is 1. The predicted octanol–water partition coefficient (Wildman–Crippen LogP) is 3.12. The zero-order valence-electron chi connectivity index (χ0n) is 14.6. The van der Waals surface area contributed by atoms with Crippen molar-refractivity contribution in [1.82, 2.24) is 14.5 Å². The van der Waals surface area contributed by atoms with Crippen LogP contribution in [0.2, 0.25) is 5.02 Å². The SMILES string of the molecule is CC1[C@@H](c2ccccc2)[C@]1(NS(=O)(=O)c1ccc(-n2cc(Cl)cn2)s1)C(=O)O. The Hall–Kier alpha value is -2.20. The smallest absolute Gasteiger partial charge is 0.325 e. The third kappa shape index (κ3) is 3.04. The summed E-state index contributed by atoms with van der Waals surface area (Å²) in [7, 11) is -4.04. The van der Waals surface area contributed by atoms with E-state index in [2.05, 4.69) is 9.82 Å². The van der Waals surface area contributed by atoms with Gasteiger partial charge in [-0.1, -0.05) is 48.9 Å². The molecule has 0 radical (unpaired) electrons. The minimum Gasteiger partial charge on any atom is -0.480 e. The van der Waals surface area contributed by atoms with Crippen LogP contribution in [0.5, 0.6) is 0 Å². The van der Waals surface area contributed by atoms with Gasteiger partial charge in [-0.3, -0.25) is 4.79 Å². The normalized spacial score (nSPS) is 24.2. The van der Waals surface area contributed by atoms with Gasteiger partial charge in [0.1, 0.15) is 14.7 Å². The van der Waals surface area contributed by atoms with Gasteiger partial charge < -0.3 is 5.11 Å². The van der Waals surface area contributed by atoms with Crippen LogP contribution in [0.4, 0.5) is 0 Å². The summed E-state index contributed by atoms with van der Waals surface area (Å²) in [6, 6.07) is 12.1. The van der Waals surface area contributed by atoms with Crippen LogP contribution in [0.1, 0.15) is 18.4 Å². The molecule has 3 aromatic rings. The fraction of sp³-hybridized carbons (Fsp3) is 0.222. The first-order chi connectivity index (χ1) is 13.3. The van der Waals surface area contributed by atoms with Gasteiger partial charge in [0.2, 0.25) is 0 Å². The molecule has 1 aliphatic carbocycles. The van der Waals surface area contributed by atoms with E-state index in [1.165, 1.54) is 16.9 Å². The van der Waals surface area contributed by atoms with Gasteiger partial charge in [0.05, 0.1) is 17.4 Å².